The Bertz CT molecular complexity index is 774. The summed E-state index contributed by atoms with van der Waals surface area (Å²) in [6.07, 6.45) is 0. The summed E-state index contributed by atoms with van der Waals surface area (Å²) in [6.45, 7) is 4.18. The van der Waals surface area contributed by atoms with Crippen molar-refractivity contribution in [3.8, 4) is 5.69 Å². The van der Waals surface area contributed by atoms with Crippen LogP contribution < -0.4 is 5.73 Å². The molecule has 19 heavy (non-hydrogen) atoms. The van der Waals surface area contributed by atoms with Gasteiger partial charge in [-0.1, -0.05) is 33.6 Å². The Labute approximate surface area is 120 Å². The molecule has 0 radical (unpaired) electrons. The minimum atomic E-state index is 0.514. The standard InChI is InChI=1S/C15H14BrN3/c1-9-3-5-13(10(2)7-9)19-14-6-4-11(16)8-12(14)18-15(19)17/h3-8H,1-2H3,(H2,17,18). The van der Waals surface area contributed by atoms with Crippen molar-refractivity contribution in [2.75, 3.05) is 5.73 Å². The van der Waals surface area contributed by atoms with Gasteiger partial charge in [0.1, 0.15) is 0 Å². The van der Waals surface area contributed by atoms with Crippen LogP contribution in [0.25, 0.3) is 16.7 Å². The van der Waals surface area contributed by atoms with E-state index < -0.39 is 0 Å². The largest absolute Gasteiger partial charge is 0.369 e. The third kappa shape index (κ3) is 2.02. The summed E-state index contributed by atoms with van der Waals surface area (Å²) in [5.74, 6) is 0.514. The van der Waals surface area contributed by atoms with Gasteiger partial charge in [-0.25, -0.2) is 4.98 Å². The molecule has 0 saturated carbocycles. The molecule has 0 amide bonds. The van der Waals surface area contributed by atoms with E-state index >= 15 is 0 Å². The first-order valence-electron chi connectivity index (χ1n) is 6.07. The fourth-order valence-corrected chi connectivity index (χ4v) is 2.73. The van der Waals surface area contributed by atoms with E-state index in [-0.39, 0.29) is 0 Å². The monoisotopic (exact) mass is 315 g/mol. The maximum absolute atomic E-state index is 6.08. The van der Waals surface area contributed by atoms with E-state index in [4.69, 9.17) is 5.73 Å². The number of aromatic nitrogens is 2. The molecule has 96 valence electrons. The molecule has 0 aliphatic carbocycles. The minimum absolute atomic E-state index is 0.514. The van der Waals surface area contributed by atoms with E-state index in [0.717, 1.165) is 21.2 Å². The molecule has 0 aliphatic rings. The average molecular weight is 316 g/mol. The van der Waals surface area contributed by atoms with Gasteiger partial charge in [0.2, 0.25) is 5.95 Å². The number of imidazole rings is 1. The summed E-state index contributed by atoms with van der Waals surface area (Å²) in [4.78, 5) is 4.42. The SMILES string of the molecule is Cc1ccc(-n2c(N)nc3cc(Br)ccc32)c(C)c1. The quantitative estimate of drug-likeness (QED) is 0.738. The topological polar surface area (TPSA) is 43.8 Å². The number of fused-ring (bicyclic) bond motifs is 1. The Morgan fingerprint density at radius 1 is 1.11 bits per heavy atom. The average Bonchev–Trinajstić information content (AvgIpc) is 2.65. The summed E-state index contributed by atoms with van der Waals surface area (Å²) >= 11 is 3.46. The zero-order valence-corrected chi connectivity index (χ0v) is 12.4. The second-order valence-electron chi connectivity index (χ2n) is 4.73. The third-order valence-electron chi connectivity index (χ3n) is 3.24. The number of nitrogens with zero attached hydrogens (tertiary/aromatic N) is 2. The second kappa shape index (κ2) is 4.38. The molecule has 0 aliphatic heterocycles. The molecular formula is C15H14BrN3. The highest BCUT2D eigenvalue weighted by atomic mass is 79.9. The van der Waals surface area contributed by atoms with Crippen LogP contribution in [0, 0.1) is 13.8 Å². The zero-order chi connectivity index (χ0) is 13.6. The molecule has 0 saturated heterocycles. The number of halogens is 1. The number of aryl methyl sites for hydroxylation is 2. The fraction of sp³-hybridized carbons (Fsp3) is 0.133. The first-order chi connectivity index (χ1) is 9.06. The second-order valence-corrected chi connectivity index (χ2v) is 5.64. The number of hydrogen-bond acceptors (Lipinski definition) is 2. The fourth-order valence-electron chi connectivity index (χ4n) is 2.38. The Morgan fingerprint density at radius 3 is 2.63 bits per heavy atom. The van der Waals surface area contributed by atoms with Gasteiger partial charge in [0.25, 0.3) is 0 Å². The lowest BCUT2D eigenvalue weighted by Crippen LogP contribution is -2.02. The van der Waals surface area contributed by atoms with Gasteiger partial charge < -0.3 is 5.73 Å². The number of nitrogens with two attached hydrogens (primary N) is 1. The Balaban J connectivity index is 2.33. The van der Waals surface area contributed by atoms with Gasteiger partial charge in [0.05, 0.1) is 16.7 Å². The van der Waals surface area contributed by atoms with Crippen molar-refractivity contribution in [1.82, 2.24) is 9.55 Å². The van der Waals surface area contributed by atoms with Crippen LogP contribution in [0.4, 0.5) is 5.95 Å². The van der Waals surface area contributed by atoms with Gasteiger partial charge in [-0.05, 0) is 43.7 Å². The molecule has 0 unspecified atom stereocenters. The zero-order valence-electron chi connectivity index (χ0n) is 10.8. The van der Waals surface area contributed by atoms with Gasteiger partial charge in [-0.2, -0.15) is 0 Å². The minimum Gasteiger partial charge on any atom is -0.369 e. The molecule has 2 N–H and O–H groups in total. The Kier molecular flexibility index (Phi) is 2.82. The first-order valence-corrected chi connectivity index (χ1v) is 6.86. The maximum Gasteiger partial charge on any atom is 0.205 e. The summed E-state index contributed by atoms with van der Waals surface area (Å²) < 4.78 is 3.00. The van der Waals surface area contributed by atoms with Crippen molar-refractivity contribution in [2.24, 2.45) is 0 Å². The molecule has 3 aromatic rings. The van der Waals surface area contributed by atoms with Crippen molar-refractivity contribution in [1.29, 1.82) is 0 Å². The van der Waals surface area contributed by atoms with Crippen LogP contribution in [0.15, 0.2) is 40.9 Å². The lowest BCUT2D eigenvalue weighted by atomic mass is 10.1. The Morgan fingerprint density at radius 2 is 1.89 bits per heavy atom. The van der Waals surface area contributed by atoms with E-state index in [2.05, 4.69) is 53.0 Å². The maximum atomic E-state index is 6.08. The molecule has 0 fully saturated rings. The van der Waals surface area contributed by atoms with E-state index in [1.54, 1.807) is 0 Å². The number of anilines is 1. The van der Waals surface area contributed by atoms with Crippen molar-refractivity contribution in [3.63, 3.8) is 0 Å². The predicted molar refractivity (Wildman–Crippen MR) is 82.7 cm³/mol. The van der Waals surface area contributed by atoms with Crippen LogP contribution >= 0.6 is 15.9 Å². The van der Waals surface area contributed by atoms with Crippen LogP contribution in [0.5, 0.6) is 0 Å². The molecule has 4 heteroatoms. The van der Waals surface area contributed by atoms with E-state index in [0.29, 0.717) is 5.95 Å². The molecule has 3 nitrogen and oxygen atoms in total. The van der Waals surface area contributed by atoms with Crippen molar-refractivity contribution >= 4 is 32.9 Å². The van der Waals surface area contributed by atoms with Gasteiger partial charge in [0.15, 0.2) is 0 Å². The molecule has 0 spiro atoms. The third-order valence-corrected chi connectivity index (χ3v) is 3.73. The van der Waals surface area contributed by atoms with Crippen LogP contribution in [0.3, 0.4) is 0 Å². The highest BCUT2D eigenvalue weighted by molar-refractivity contribution is 9.10. The normalized spacial score (nSPS) is 11.1. The molecule has 0 bridgehead atoms. The lowest BCUT2D eigenvalue weighted by Gasteiger charge is -2.10. The summed E-state index contributed by atoms with van der Waals surface area (Å²) in [5, 5.41) is 0. The van der Waals surface area contributed by atoms with Crippen LogP contribution in [0.1, 0.15) is 11.1 Å². The molecule has 1 aromatic heterocycles. The molecule has 1 heterocycles. The van der Waals surface area contributed by atoms with E-state index in [9.17, 15) is 0 Å². The number of hydrogen-bond donors (Lipinski definition) is 1. The van der Waals surface area contributed by atoms with Gasteiger partial charge >= 0.3 is 0 Å². The summed E-state index contributed by atoms with van der Waals surface area (Å²) in [5.41, 5.74) is 11.5. The highest BCUT2D eigenvalue weighted by Crippen LogP contribution is 2.27. The number of nitrogen functional groups attached to an aromatic ring is 1. The highest BCUT2D eigenvalue weighted by Gasteiger charge is 2.11. The van der Waals surface area contributed by atoms with Crippen molar-refractivity contribution < 1.29 is 0 Å². The molecule has 2 aromatic carbocycles. The smallest absolute Gasteiger partial charge is 0.205 e. The first kappa shape index (κ1) is 12.2. The van der Waals surface area contributed by atoms with E-state index in [1.165, 1.54) is 11.1 Å². The summed E-state index contributed by atoms with van der Waals surface area (Å²) in [7, 11) is 0. The summed E-state index contributed by atoms with van der Waals surface area (Å²) in [6, 6.07) is 12.3. The Hall–Kier alpha value is -1.81. The van der Waals surface area contributed by atoms with Gasteiger partial charge in [-0.3, -0.25) is 4.57 Å². The van der Waals surface area contributed by atoms with Crippen LogP contribution in [0.2, 0.25) is 0 Å². The lowest BCUT2D eigenvalue weighted by molar-refractivity contribution is 1.09. The van der Waals surface area contributed by atoms with Gasteiger partial charge in [-0.15, -0.1) is 0 Å². The van der Waals surface area contributed by atoms with E-state index in [1.807, 2.05) is 22.8 Å². The number of rotatable bonds is 1. The van der Waals surface area contributed by atoms with Crippen LogP contribution in [-0.2, 0) is 0 Å². The molecular weight excluding hydrogens is 302 g/mol. The molecule has 3 rings (SSSR count). The van der Waals surface area contributed by atoms with Crippen molar-refractivity contribution in [3.05, 3.63) is 52.0 Å². The van der Waals surface area contributed by atoms with Crippen molar-refractivity contribution in [2.45, 2.75) is 13.8 Å². The number of benzene rings is 2. The van der Waals surface area contributed by atoms with Gasteiger partial charge in [0, 0.05) is 4.47 Å². The predicted octanol–water partition coefficient (Wildman–Crippen LogP) is 3.99. The molecule has 0 atom stereocenters. The van der Waals surface area contributed by atoms with Crippen LogP contribution in [-0.4, -0.2) is 9.55 Å².